The Morgan fingerprint density at radius 1 is 1.29 bits per heavy atom. The standard InChI is InChI=1S/C14H16F3N3O3S/c1-8-11(9(2)23-19-8)7-20(3)13-5-4-10(24(18,21)22)6-12(13)14(15,16)17/h4-6H,7H2,1-3H3,(H2,18,21,22). The molecule has 10 heteroatoms. The summed E-state index contributed by atoms with van der Waals surface area (Å²) in [5, 5.41) is 8.68. The highest BCUT2D eigenvalue weighted by Crippen LogP contribution is 2.38. The van der Waals surface area contributed by atoms with Gasteiger partial charge in [-0.05, 0) is 32.0 Å². The number of alkyl halides is 3. The van der Waals surface area contributed by atoms with Gasteiger partial charge in [0, 0.05) is 24.8 Å². The monoisotopic (exact) mass is 363 g/mol. The first-order valence-electron chi connectivity index (χ1n) is 6.78. The third-order valence-corrected chi connectivity index (χ3v) is 4.50. The number of anilines is 1. The second-order valence-corrected chi connectivity index (χ2v) is 6.94. The van der Waals surface area contributed by atoms with Crippen molar-refractivity contribution >= 4 is 15.7 Å². The minimum atomic E-state index is -4.73. The number of benzene rings is 1. The summed E-state index contributed by atoms with van der Waals surface area (Å²) in [5.41, 5.74) is -0.00611. The molecule has 1 aromatic heterocycles. The Balaban J connectivity index is 2.49. The summed E-state index contributed by atoms with van der Waals surface area (Å²) in [6.45, 7) is 3.48. The number of nitrogens with zero attached hydrogens (tertiary/aromatic N) is 2. The minimum absolute atomic E-state index is 0.124. The predicted octanol–water partition coefficient (Wildman–Crippen LogP) is 2.59. The molecule has 2 N–H and O–H groups in total. The van der Waals surface area contributed by atoms with Gasteiger partial charge in [0.25, 0.3) is 0 Å². The Morgan fingerprint density at radius 3 is 2.38 bits per heavy atom. The lowest BCUT2D eigenvalue weighted by atomic mass is 10.1. The van der Waals surface area contributed by atoms with E-state index in [0.29, 0.717) is 23.1 Å². The highest BCUT2D eigenvalue weighted by atomic mass is 32.2. The minimum Gasteiger partial charge on any atom is -0.370 e. The van der Waals surface area contributed by atoms with E-state index >= 15 is 0 Å². The molecule has 0 aliphatic heterocycles. The number of hydrogen-bond acceptors (Lipinski definition) is 5. The molecule has 132 valence electrons. The summed E-state index contributed by atoms with van der Waals surface area (Å²) in [6, 6.07) is 2.67. The lowest BCUT2D eigenvalue weighted by molar-refractivity contribution is -0.137. The van der Waals surface area contributed by atoms with Gasteiger partial charge in [0.2, 0.25) is 10.0 Å². The van der Waals surface area contributed by atoms with Crippen molar-refractivity contribution in [1.29, 1.82) is 0 Å². The number of rotatable bonds is 4. The van der Waals surface area contributed by atoms with Crippen molar-refractivity contribution in [2.75, 3.05) is 11.9 Å². The van der Waals surface area contributed by atoms with Crippen molar-refractivity contribution in [3.8, 4) is 0 Å². The maximum Gasteiger partial charge on any atom is 0.418 e. The molecule has 0 radical (unpaired) electrons. The molecule has 0 saturated heterocycles. The summed E-state index contributed by atoms with van der Waals surface area (Å²) in [7, 11) is -2.77. The molecule has 1 heterocycles. The fraction of sp³-hybridized carbons (Fsp3) is 0.357. The van der Waals surface area contributed by atoms with E-state index in [-0.39, 0.29) is 12.2 Å². The van der Waals surface area contributed by atoms with E-state index in [1.807, 2.05) is 0 Å². The van der Waals surface area contributed by atoms with Gasteiger partial charge in [0.05, 0.1) is 16.2 Å². The molecule has 0 atom stereocenters. The molecule has 2 aromatic rings. The normalized spacial score (nSPS) is 12.5. The molecule has 6 nitrogen and oxygen atoms in total. The van der Waals surface area contributed by atoms with Crippen LogP contribution in [0.2, 0.25) is 0 Å². The highest BCUT2D eigenvalue weighted by molar-refractivity contribution is 7.89. The van der Waals surface area contributed by atoms with Gasteiger partial charge in [-0.15, -0.1) is 0 Å². The molecule has 2 rings (SSSR count). The zero-order valence-electron chi connectivity index (χ0n) is 13.2. The van der Waals surface area contributed by atoms with Crippen LogP contribution in [0.3, 0.4) is 0 Å². The molecule has 0 aliphatic rings. The maximum atomic E-state index is 13.3. The zero-order chi connectivity index (χ0) is 18.3. The first-order chi connectivity index (χ1) is 10.9. The predicted molar refractivity (Wildman–Crippen MR) is 80.9 cm³/mol. The molecule has 0 amide bonds. The van der Waals surface area contributed by atoms with Gasteiger partial charge in [-0.25, -0.2) is 13.6 Å². The highest BCUT2D eigenvalue weighted by Gasteiger charge is 2.35. The van der Waals surface area contributed by atoms with Crippen molar-refractivity contribution in [3.05, 3.63) is 40.8 Å². The van der Waals surface area contributed by atoms with E-state index in [2.05, 4.69) is 5.16 Å². The van der Waals surface area contributed by atoms with Crippen LogP contribution in [0.15, 0.2) is 27.6 Å². The Bertz CT molecular complexity index is 840. The number of halogens is 3. The van der Waals surface area contributed by atoms with Gasteiger partial charge in [-0.1, -0.05) is 5.16 Å². The Kier molecular flexibility index (Phi) is 4.64. The van der Waals surface area contributed by atoms with Gasteiger partial charge in [-0.2, -0.15) is 13.2 Å². The van der Waals surface area contributed by atoms with Crippen LogP contribution in [0.25, 0.3) is 0 Å². The van der Waals surface area contributed by atoms with Crippen molar-refractivity contribution in [2.24, 2.45) is 5.14 Å². The van der Waals surface area contributed by atoms with Crippen LogP contribution in [0.5, 0.6) is 0 Å². The number of sulfonamides is 1. The summed E-state index contributed by atoms with van der Waals surface area (Å²) in [6.07, 6.45) is -4.73. The van der Waals surface area contributed by atoms with Crippen molar-refractivity contribution < 1.29 is 26.1 Å². The molecule has 0 saturated carbocycles. The Labute approximate surface area is 137 Å². The first kappa shape index (κ1) is 18.3. The van der Waals surface area contributed by atoms with Crippen molar-refractivity contribution in [2.45, 2.75) is 31.5 Å². The molecule has 24 heavy (non-hydrogen) atoms. The quantitative estimate of drug-likeness (QED) is 0.902. The maximum absolute atomic E-state index is 13.3. The van der Waals surface area contributed by atoms with Crippen LogP contribution in [0.1, 0.15) is 22.6 Å². The number of nitrogens with two attached hydrogens (primary N) is 1. The van der Waals surface area contributed by atoms with Crippen LogP contribution in [0, 0.1) is 13.8 Å². The number of aromatic nitrogens is 1. The topological polar surface area (TPSA) is 89.4 Å². The summed E-state index contributed by atoms with van der Waals surface area (Å²) < 4.78 is 67.6. The van der Waals surface area contributed by atoms with Crippen LogP contribution in [-0.4, -0.2) is 20.6 Å². The van der Waals surface area contributed by atoms with Gasteiger partial charge in [0.1, 0.15) is 5.76 Å². The molecule has 0 fully saturated rings. The van der Waals surface area contributed by atoms with Gasteiger partial charge >= 0.3 is 6.18 Å². The summed E-state index contributed by atoms with van der Waals surface area (Å²) in [5.74, 6) is 0.508. The Hall–Kier alpha value is -2.07. The lowest BCUT2D eigenvalue weighted by Crippen LogP contribution is -2.22. The Morgan fingerprint density at radius 2 is 1.92 bits per heavy atom. The average molecular weight is 363 g/mol. The second kappa shape index (κ2) is 6.10. The third kappa shape index (κ3) is 3.70. The zero-order valence-corrected chi connectivity index (χ0v) is 14.0. The van der Waals surface area contributed by atoms with E-state index in [0.717, 1.165) is 12.1 Å². The fourth-order valence-corrected chi connectivity index (χ4v) is 2.84. The van der Waals surface area contributed by atoms with E-state index < -0.39 is 26.7 Å². The SMILES string of the molecule is Cc1noc(C)c1CN(C)c1ccc(S(N)(=O)=O)cc1C(F)(F)F. The molecule has 0 bridgehead atoms. The van der Waals surface area contributed by atoms with Gasteiger partial charge < -0.3 is 9.42 Å². The van der Waals surface area contributed by atoms with Crippen LogP contribution >= 0.6 is 0 Å². The molecular weight excluding hydrogens is 347 g/mol. The van der Waals surface area contributed by atoms with Crippen molar-refractivity contribution in [1.82, 2.24) is 5.16 Å². The average Bonchev–Trinajstić information content (AvgIpc) is 2.76. The molecule has 0 aliphatic carbocycles. The first-order valence-corrected chi connectivity index (χ1v) is 8.33. The van der Waals surface area contributed by atoms with Crippen molar-refractivity contribution in [3.63, 3.8) is 0 Å². The van der Waals surface area contributed by atoms with Crippen LogP contribution < -0.4 is 10.0 Å². The smallest absolute Gasteiger partial charge is 0.370 e. The largest absolute Gasteiger partial charge is 0.418 e. The van der Waals surface area contributed by atoms with E-state index in [4.69, 9.17) is 9.66 Å². The molecule has 1 aromatic carbocycles. The fourth-order valence-electron chi connectivity index (χ4n) is 2.30. The lowest BCUT2D eigenvalue weighted by Gasteiger charge is -2.24. The molecule has 0 unspecified atom stereocenters. The molecule has 0 spiro atoms. The third-order valence-electron chi connectivity index (χ3n) is 3.59. The summed E-state index contributed by atoms with van der Waals surface area (Å²) in [4.78, 5) is 0.756. The number of hydrogen-bond donors (Lipinski definition) is 1. The van der Waals surface area contributed by atoms with E-state index in [9.17, 15) is 21.6 Å². The van der Waals surface area contributed by atoms with Crippen LogP contribution in [0.4, 0.5) is 18.9 Å². The number of aryl methyl sites for hydroxylation is 2. The molecular formula is C14H16F3N3O3S. The second-order valence-electron chi connectivity index (χ2n) is 5.38. The summed E-state index contributed by atoms with van der Waals surface area (Å²) >= 11 is 0. The van der Waals surface area contributed by atoms with Gasteiger partial charge in [0.15, 0.2) is 0 Å². The van der Waals surface area contributed by atoms with Gasteiger partial charge in [-0.3, -0.25) is 0 Å². The van der Waals surface area contributed by atoms with E-state index in [1.165, 1.54) is 11.9 Å². The number of primary sulfonamides is 1. The van der Waals surface area contributed by atoms with Crippen LogP contribution in [-0.2, 0) is 22.7 Å². The van der Waals surface area contributed by atoms with E-state index in [1.54, 1.807) is 13.8 Å².